The number of hydrogen-bond donors (Lipinski definition) is 0. The average molecular weight is 527 g/mol. The van der Waals surface area contributed by atoms with Gasteiger partial charge in [0.1, 0.15) is 0 Å². The summed E-state index contributed by atoms with van der Waals surface area (Å²) in [6.45, 7) is 16.5. The molecule has 4 heteroatoms. The molecule has 0 aliphatic carbocycles. The van der Waals surface area contributed by atoms with E-state index in [2.05, 4.69) is 117 Å². The van der Waals surface area contributed by atoms with E-state index < -0.39 is 0 Å². The highest BCUT2D eigenvalue weighted by Crippen LogP contribution is 2.42. The topological polar surface area (TPSA) is 56.9 Å². The molecule has 6 aromatic rings. The highest BCUT2D eigenvalue weighted by Gasteiger charge is 2.21. The molecule has 5 aromatic carbocycles. The standard InChI is InChI=1S/C37H26N4/c1-22-8-6-9-23(2)35(22)27-12-14-33-30(18-27)31-19-28(36-24(3)10-7-11-25(36)4)13-15-34(31)41(33)37-29(21-39)16-26(20-38)17-32(37)40-5/h6-19H,1-4H3. The molecule has 0 N–H and O–H groups in total. The van der Waals surface area contributed by atoms with Gasteiger partial charge in [-0.2, -0.15) is 10.5 Å². The van der Waals surface area contributed by atoms with Gasteiger partial charge in [0.2, 0.25) is 5.69 Å². The van der Waals surface area contributed by atoms with E-state index in [1.165, 1.54) is 33.4 Å². The Bertz CT molecular complexity index is 1990. The SMILES string of the molecule is [C-]#[N+]c1cc(C#N)cc(C#N)c1-n1c2ccc(-c3c(C)cccc3C)cc2c2cc(-c3c(C)cccc3C)ccc21. The van der Waals surface area contributed by atoms with Crippen molar-refractivity contribution in [3.8, 4) is 40.1 Å². The smallest absolute Gasteiger partial charge is 0.213 e. The van der Waals surface area contributed by atoms with Gasteiger partial charge in [0.15, 0.2) is 0 Å². The molecule has 194 valence electrons. The van der Waals surface area contributed by atoms with Crippen LogP contribution in [0.3, 0.4) is 0 Å². The van der Waals surface area contributed by atoms with Crippen molar-refractivity contribution in [2.45, 2.75) is 27.7 Å². The fourth-order valence-electron chi connectivity index (χ4n) is 6.20. The summed E-state index contributed by atoms with van der Waals surface area (Å²) in [4.78, 5) is 3.76. The van der Waals surface area contributed by atoms with E-state index in [4.69, 9.17) is 6.57 Å². The number of rotatable bonds is 3. The molecule has 0 fully saturated rings. The summed E-state index contributed by atoms with van der Waals surface area (Å²) in [5, 5.41) is 21.8. The Hall–Kier alpha value is -5.63. The van der Waals surface area contributed by atoms with E-state index in [0.717, 1.165) is 32.9 Å². The average Bonchev–Trinajstić information content (AvgIpc) is 3.29. The van der Waals surface area contributed by atoms with Gasteiger partial charge in [-0.15, -0.1) is 0 Å². The fraction of sp³-hybridized carbons (Fsp3) is 0.108. The van der Waals surface area contributed by atoms with Crippen LogP contribution >= 0.6 is 0 Å². The zero-order valence-corrected chi connectivity index (χ0v) is 23.4. The third kappa shape index (κ3) is 4.04. The highest BCUT2D eigenvalue weighted by molar-refractivity contribution is 6.12. The van der Waals surface area contributed by atoms with E-state index in [0.29, 0.717) is 16.8 Å². The Morgan fingerprint density at radius 2 is 1.12 bits per heavy atom. The second kappa shape index (κ2) is 9.84. The Morgan fingerprint density at radius 3 is 1.54 bits per heavy atom. The molecule has 1 heterocycles. The van der Waals surface area contributed by atoms with E-state index >= 15 is 0 Å². The van der Waals surface area contributed by atoms with E-state index in [-0.39, 0.29) is 5.69 Å². The van der Waals surface area contributed by atoms with Gasteiger partial charge < -0.3 is 4.57 Å². The first-order chi connectivity index (χ1) is 19.9. The summed E-state index contributed by atoms with van der Waals surface area (Å²) in [5.41, 5.74) is 12.7. The Kier molecular flexibility index (Phi) is 6.15. The maximum absolute atomic E-state index is 10.1. The van der Waals surface area contributed by atoms with Crippen molar-refractivity contribution in [3.63, 3.8) is 0 Å². The van der Waals surface area contributed by atoms with Crippen LogP contribution in [0.25, 0.3) is 54.6 Å². The van der Waals surface area contributed by atoms with Crippen molar-refractivity contribution in [1.29, 1.82) is 10.5 Å². The second-order valence-electron chi connectivity index (χ2n) is 10.6. The lowest BCUT2D eigenvalue weighted by Crippen LogP contribution is -1.99. The first-order valence-corrected chi connectivity index (χ1v) is 13.4. The molecule has 0 aliphatic rings. The summed E-state index contributed by atoms with van der Waals surface area (Å²) in [6.07, 6.45) is 0. The van der Waals surface area contributed by atoms with Gasteiger partial charge in [-0.3, -0.25) is 0 Å². The molecule has 4 nitrogen and oxygen atoms in total. The summed E-state index contributed by atoms with van der Waals surface area (Å²) < 4.78 is 2.01. The van der Waals surface area contributed by atoms with Crippen molar-refractivity contribution in [2.24, 2.45) is 0 Å². The third-order valence-electron chi connectivity index (χ3n) is 7.99. The summed E-state index contributed by atoms with van der Waals surface area (Å²) in [6, 6.07) is 33.0. The van der Waals surface area contributed by atoms with E-state index in [1.807, 2.05) is 4.57 Å². The summed E-state index contributed by atoms with van der Waals surface area (Å²) in [5.74, 6) is 0. The Labute approximate surface area is 239 Å². The van der Waals surface area contributed by atoms with Crippen LogP contribution < -0.4 is 0 Å². The van der Waals surface area contributed by atoms with Gasteiger partial charge >= 0.3 is 0 Å². The fourth-order valence-corrected chi connectivity index (χ4v) is 6.20. The second-order valence-corrected chi connectivity index (χ2v) is 10.6. The van der Waals surface area contributed by atoms with Crippen LogP contribution in [0, 0.1) is 56.9 Å². The predicted octanol–water partition coefficient (Wildman–Crippen LogP) is 9.65. The van der Waals surface area contributed by atoms with Crippen molar-refractivity contribution in [1.82, 2.24) is 4.57 Å². The van der Waals surface area contributed by atoms with Crippen LogP contribution in [0.15, 0.2) is 84.9 Å². The van der Waals surface area contributed by atoms with Gasteiger partial charge in [-0.25, -0.2) is 4.85 Å². The molecule has 41 heavy (non-hydrogen) atoms. The van der Waals surface area contributed by atoms with Crippen LogP contribution in [-0.4, -0.2) is 4.57 Å². The predicted molar refractivity (Wildman–Crippen MR) is 166 cm³/mol. The molecule has 1 aromatic heterocycles. The van der Waals surface area contributed by atoms with Crippen LogP contribution in [0.1, 0.15) is 33.4 Å². The molecule has 0 atom stereocenters. The Balaban J connectivity index is 1.76. The zero-order chi connectivity index (χ0) is 28.8. The maximum Gasteiger partial charge on any atom is 0.213 e. The molecule has 0 amide bonds. The van der Waals surface area contributed by atoms with Gasteiger partial charge in [0.05, 0.1) is 41.0 Å². The molecular weight excluding hydrogens is 500 g/mol. The normalized spacial score (nSPS) is 10.9. The van der Waals surface area contributed by atoms with Crippen LogP contribution in [0.4, 0.5) is 5.69 Å². The molecule has 0 saturated carbocycles. The number of nitrogens with zero attached hydrogens (tertiary/aromatic N) is 4. The molecular formula is C37H26N4. The molecule has 0 bridgehead atoms. The minimum absolute atomic E-state index is 0.275. The third-order valence-corrected chi connectivity index (χ3v) is 7.99. The molecule has 0 unspecified atom stereocenters. The number of benzene rings is 5. The van der Waals surface area contributed by atoms with E-state index in [9.17, 15) is 10.5 Å². The molecule has 0 saturated heterocycles. The van der Waals surface area contributed by atoms with Crippen molar-refractivity contribution in [2.75, 3.05) is 0 Å². The van der Waals surface area contributed by atoms with Crippen molar-refractivity contribution >= 4 is 27.5 Å². The van der Waals surface area contributed by atoms with Gasteiger partial charge in [-0.1, -0.05) is 48.5 Å². The van der Waals surface area contributed by atoms with Gasteiger partial charge in [0, 0.05) is 16.3 Å². The molecule has 0 aliphatic heterocycles. The molecule has 0 spiro atoms. The minimum Gasteiger partial charge on any atom is -0.318 e. The van der Waals surface area contributed by atoms with E-state index in [1.54, 1.807) is 12.1 Å². The van der Waals surface area contributed by atoms with Gasteiger partial charge in [0.25, 0.3) is 0 Å². The minimum atomic E-state index is 0.275. The number of hydrogen-bond acceptors (Lipinski definition) is 2. The summed E-state index contributed by atoms with van der Waals surface area (Å²) in [7, 11) is 0. The van der Waals surface area contributed by atoms with Crippen LogP contribution in [0.5, 0.6) is 0 Å². The van der Waals surface area contributed by atoms with Crippen LogP contribution in [0.2, 0.25) is 0 Å². The largest absolute Gasteiger partial charge is 0.318 e. The Morgan fingerprint density at radius 1 is 0.634 bits per heavy atom. The first-order valence-electron chi connectivity index (χ1n) is 13.4. The summed E-state index contributed by atoms with van der Waals surface area (Å²) >= 11 is 0. The monoisotopic (exact) mass is 526 g/mol. The number of aryl methyl sites for hydroxylation is 4. The molecule has 0 radical (unpaired) electrons. The molecule has 6 rings (SSSR count). The number of fused-ring (bicyclic) bond motifs is 3. The van der Waals surface area contributed by atoms with Crippen molar-refractivity contribution < 1.29 is 0 Å². The zero-order valence-electron chi connectivity index (χ0n) is 23.4. The number of aromatic nitrogens is 1. The van der Waals surface area contributed by atoms with Gasteiger partial charge in [-0.05, 0) is 109 Å². The van der Waals surface area contributed by atoms with Crippen molar-refractivity contribution in [3.05, 3.63) is 130 Å². The highest BCUT2D eigenvalue weighted by atomic mass is 15.0. The van der Waals surface area contributed by atoms with Crippen LogP contribution in [-0.2, 0) is 0 Å². The maximum atomic E-state index is 10.1. The first kappa shape index (κ1) is 25.6. The lowest BCUT2D eigenvalue weighted by atomic mass is 9.93. The lowest BCUT2D eigenvalue weighted by Gasteiger charge is -2.14. The number of nitriles is 2. The quantitative estimate of drug-likeness (QED) is 0.216. The lowest BCUT2D eigenvalue weighted by molar-refractivity contribution is 1.17.